The normalized spacial score (nSPS) is 26.5. The van der Waals surface area contributed by atoms with Gasteiger partial charge in [0, 0.05) is 11.3 Å². The maximum Gasteiger partial charge on any atom is 0.427 e. The predicted molar refractivity (Wildman–Crippen MR) is 70.2 cm³/mol. The number of hydrogen-bond donors (Lipinski definition) is 3. The van der Waals surface area contributed by atoms with Crippen molar-refractivity contribution in [1.29, 1.82) is 0 Å². The molecule has 1 aromatic rings. The number of amides is 1. The van der Waals surface area contributed by atoms with Gasteiger partial charge in [-0.1, -0.05) is 0 Å². The molecule has 3 rings (SSSR count). The molecule has 0 spiro atoms. The number of alkyl halides is 3. The highest BCUT2D eigenvalue weighted by Gasteiger charge is 2.49. The highest BCUT2D eigenvalue weighted by molar-refractivity contribution is 6.21. The summed E-state index contributed by atoms with van der Waals surface area (Å²) in [6.45, 7) is 2.75. The lowest BCUT2D eigenvalue weighted by molar-refractivity contribution is -0.135. The van der Waals surface area contributed by atoms with Crippen LogP contribution in [0.1, 0.15) is 19.4 Å². The Hall–Kier alpha value is -2.25. The number of fused-ring (bicyclic) bond motifs is 2. The molecule has 1 aromatic carbocycles. The summed E-state index contributed by atoms with van der Waals surface area (Å²) in [5.74, 6) is -0.835. The maximum absolute atomic E-state index is 12.7. The van der Waals surface area contributed by atoms with E-state index in [2.05, 4.69) is 16.0 Å². The minimum Gasteiger partial charge on any atom is -0.356 e. The van der Waals surface area contributed by atoms with E-state index in [0.29, 0.717) is 11.3 Å². The number of benzene rings is 1. The Morgan fingerprint density at radius 1 is 1.19 bits per heavy atom. The number of ketones is 1. The molecule has 0 aromatic heterocycles. The first-order valence-electron chi connectivity index (χ1n) is 6.25. The van der Waals surface area contributed by atoms with E-state index in [0.717, 1.165) is 0 Å². The summed E-state index contributed by atoms with van der Waals surface area (Å²) < 4.78 is 38.1. The van der Waals surface area contributed by atoms with Crippen LogP contribution < -0.4 is 16.0 Å². The van der Waals surface area contributed by atoms with Gasteiger partial charge in [0.25, 0.3) is 0 Å². The summed E-state index contributed by atoms with van der Waals surface area (Å²) in [5, 5.41) is 7.16. The first-order chi connectivity index (χ1) is 9.64. The van der Waals surface area contributed by atoms with Crippen molar-refractivity contribution in [3.05, 3.63) is 17.7 Å². The van der Waals surface area contributed by atoms with Crippen LogP contribution >= 0.6 is 0 Å². The Morgan fingerprint density at radius 3 is 2.29 bits per heavy atom. The zero-order valence-corrected chi connectivity index (χ0v) is 11.2. The average Bonchev–Trinajstić information content (AvgIpc) is 2.88. The zero-order chi connectivity index (χ0) is 15.6. The third kappa shape index (κ3) is 1.78. The van der Waals surface area contributed by atoms with Crippen LogP contribution in [0.15, 0.2) is 12.1 Å². The molecule has 0 fully saturated rings. The topological polar surface area (TPSA) is 70.2 Å². The van der Waals surface area contributed by atoms with Crippen molar-refractivity contribution in [2.75, 3.05) is 16.0 Å². The van der Waals surface area contributed by atoms with E-state index in [-0.39, 0.29) is 17.2 Å². The minimum absolute atomic E-state index is 0.222. The first-order valence-corrected chi connectivity index (χ1v) is 6.25. The molecule has 0 radical (unpaired) electrons. The summed E-state index contributed by atoms with van der Waals surface area (Å²) >= 11 is 0. The van der Waals surface area contributed by atoms with Gasteiger partial charge < -0.3 is 16.0 Å². The van der Waals surface area contributed by atoms with E-state index in [1.54, 1.807) is 0 Å². The molecular weight excluding hydrogens is 287 g/mol. The Labute approximate surface area is 117 Å². The van der Waals surface area contributed by atoms with Crippen molar-refractivity contribution in [3.63, 3.8) is 0 Å². The van der Waals surface area contributed by atoms with E-state index >= 15 is 0 Å². The molecule has 5 nitrogen and oxygen atoms in total. The Kier molecular flexibility index (Phi) is 2.55. The number of hydrogen-bond acceptors (Lipinski definition) is 4. The van der Waals surface area contributed by atoms with Gasteiger partial charge in [-0.05, 0) is 26.0 Å². The van der Waals surface area contributed by atoms with Crippen molar-refractivity contribution in [1.82, 2.24) is 0 Å². The van der Waals surface area contributed by atoms with Crippen LogP contribution in [0.5, 0.6) is 0 Å². The monoisotopic (exact) mass is 299 g/mol. The largest absolute Gasteiger partial charge is 0.427 e. The summed E-state index contributed by atoms with van der Waals surface area (Å²) in [4.78, 5) is 23.8. The molecule has 0 saturated heterocycles. The van der Waals surface area contributed by atoms with E-state index in [1.165, 1.54) is 26.0 Å². The second kappa shape index (κ2) is 3.90. The summed E-state index contributed by atoms with van der Waals surface area (Å²) in [6, 6.07) is 2.83. The molecule has 3 N–H and O–H groups in total. The van der Waals surface area contributed by atoms with Crippen molar-refractivity contribution in [2.45, 2.75) is 31.6 Å². The average molecular weight is 299 g/mol. The number of Topliss-reactive ketones (excluding diaryl/α,β-unsaturated/α-hetero) is 1. The lowest BCUT2D eigenvalue weighted by Gasteiger charge is -2.18. The molecule has 112 valence electrons. The van der Waals surface area contributed by atoms with Crippen molar-refractivity contribution >= 4 is 28.8 Å². The smallest absolute Gasteiger partial charge is 0.356 e. The fourth-order valence-corrected chi connectivity index (χ4v) is 2.59. The van der Waals surface area contributed by atoms with Crippen molar-refractivity contribution in [2.24, 2.45) is 0 Å². The van der Waals surface area contributed by atoms with Gasteiger partial charge in [0.05, 0.1) is 11.4 Å². The molecule has 2 aliphatic heterocycles. The predicted octanol–water partition coefficient (Wildman–Crippen LogP) is 2.21. The van der Waals surface area contributed by atoms with Gasteiger partial charge in [0.15, 0.2) is 6.17 Å². The highest BCUT2D eigenvalue weighted by Crippen LogP contribution is 2.45. The van der Waals surface area contributed by atoms with Crippen LogP contribution in [0.3, 0.4) is 0 Å². The van der Waals surface area contributed by atoms with Crippen LogP contribution in [0.4, 0.5) is 30.2 Å². The van der Waals surface area contributed by atoms with E-state index in [4.69, 9.17) is 0 Å². The summed E-state index contributed by atoms with van der Waals surface area (Å²) in [5.41, 5.74) is -0.170. The molecule has 2 heterocycles. The number of carbonyl (C=O) groups is 2. The molecular formula is C13H12F3N3O2. The van der Waals surface area contributed by atoms with Crippen molar-refractivity contribution < 1.29 is 22.8 Å². The van der Waals surface area contributed by atoms with Gasteiger partial charge in [0.2, 0.25) is 5.91 Å². The Bertz CT molecular complexity index is 671. The third-order valence-electron chi connectivity index (χ3n) is 4.03. The van der Waals surface area contributed by atoms with E-state index in [1.807, 2.05) is 0 Å². The summed E-state index contributed by atoms with van der Waals surface area (Å²) in [6.07, 6.45) is -6.33. The molecule has 21 heavy (non-hydrogen) atoms. The molecule has 0 saturated carbocycles. The highest BCUT2D eigenvalue weighted by atomic mass is 19.4. The lowest BCUT2D eigenvalue weighted by atomic mass is 9.80. The van der Waals surface area contributed by atoms with E-state index in [9.17, 15) is 22.8 Å². The fraction of sp³-hybridized carbons (Fsp3) is 0.385. The number of carbonyl (C=O) groups excluding carboxylic acids is 2. The van der Waals surface area contributed by atoms with Crippen LogP contribution in [-0.4, -0.2) is 24.0 Å². The molecule has 0 aliphatic carbocycles. The van der Waals surface area contributed by atoms with Gasteiger partial charge in [0.1, 0.15) is 11.2 Å². The maximum atomic E-state index is 12.7. The van der Waals surface area contributed by atoms with Crippen LogP contribution in [-0.2, 0) is 15.0 Å². The van der Waals surface area contributed by atoms with Gasteiger partial charge in [-0.15, -0.1) is 0 Å². The molecule has 8 heteroatoms. The second-order valence-electron chi connectivity index (χ2n) is 5.34. The minimum atomic E-state index is -4.45. The summed E-state index contributed by atoms with van der Waals surface area (Å²) in [7, 11) is 0. The second-order valence-corrected chi connectivity index (χ2v) is 5.34. The number of halogens is 3. The molecule has 2 atom stereocenters. The van der Waals surface area contributed by atoms with Gasteiger partial charge in [-0.25, -0.2) is 0 Å². The SMILES string of the molecule is CC(=O)C1(C)C(=O)Nc2cc3c(cc21)NC(C(F)(F)F)N3. The quantitative estimate of drug-likeness (QED) is 0.695. The standard InChI is InChI=1S/C13H12F3N3O2/c1-5(20)12(2)6-3-8-9(4-7(6)19-11(12)21)18-10(17-8)13(14,15)16/h3-4,10,17-18H,1-2H3,(H,19,21). The van der Waals surface area contributed by atoms with Crippen LogP contribution in [0, 0.1) is 0 Å². The molecule has 1 amide bonds. The number of anilines is 3. The van der Waals surface area contributed by atoms with E-state index < -0.39 is 23.7 Å². The van der Waals surface area contributed by atoms with Gasteiger partial charge in [-0.2, -0.15) is 13.2 Å². The fourth-order valence-electron chi connectivity index (χ4n) is 2.59. The molecule has 2 aliphatic rings. The molecule has 2 unspecified atom stereocenters. The third-order valence-corrected chi connectivity index (χ3v) is 4.03. The van der Waals surface area contributed by atoms with Gasteiger partial charge >= 0.3 is 6.18 Å². The Morgan fingerprint density at radius 2 is 1.76 bits per heavy atom. The number of rotatable bonds is 1. The molecule has 0 bridgehead atoms. The van der Waals surface area contributed by atoms with Crippen molar-refractivity contribution in [3.8, 4) is 0 Å². The van der Waals surface area contributed by atoms with Crippen LogP contribution in [0.25, 0.3) is 0 Å². The lowest BCUT2D eigenvalue weighted by Crippen LogP contribution is -2.39. The van der Waals surface area contributed by atoms with Crippen LogP contribution in [0.2, 0.25) is 0 Å². The number of nitrogens with one attached hydrogen (secondary N) is 3. The van der Waals surface area contributed by atoms with Gasteiger partial charge in [-0.3, -0.25) is 9.59 Å². The zero-order valence-electron chi connectivity index (χ0n) is 11.2. The first kappa shape index (κ1) is 13.7. The Balaban J connectivity index is 2.06.